The number of ether oxygens (including phenoxy) is 1. The zero-order valence-corrected chi connectivity index (χ0v) is 17.6. The summed E-state index contributed by atoms with van der Waals surface area (Å²) in [5, 5.41) is 15.4. The van der Waals surface area contributed by atoms with Gasteiger partial charge in [-0.15, -0.1) is 0 Å². The first-order chi connectivity index (χ1) is 14.9. The highest BCUT2D eigenvalue weighted by Crippen LogP contribution is 2.44. The Morgan fingerprint density at radius 1 is 1.26 bits per heavy atom. The van der Waals surface area contributed by atoms with Crippen LogP contribution >= 0.6 is 0 Å². The van der Waals surface area contributed by atoms with Gasteiger partial charge in [-0.05, 0) is 49.1 Å². The molecule has 0 radical (unpaired) electrons. The highest BCUT2D eigenvalue weighted by atomic mass is 19.1. The van der Waals surface area contributed by atoms with Crippen LogP contribution in [0.5, 0.6) is 0 Å². The molecule has 2 aliphatic rings. The lowest BCUT2D eigenvalue weighted by Gasteiger charge is -2.53. The van der Waals surface area contributed by atoms with E-state index < -0.39 is 5.97 Å². The molecule has 1 spiro atoms. The van der Waals surface area contributed by atoms with Gasteiger partial charge >= 0.3 is 5.97 Å². The molecule has 162 valence electrons. The number of hydrogen-bond donors (Lipinski definition) is 1. The molecule has 3 aromatic rings. The largest absolute Gasteiger partial charge is 0.477 e. The number of carboxylic acid groups (broad SMARTS) is 1. The summed E-state index contributed by atoms with van der Waals surface area (Å²) in [6, 6.07) is 7.63. The van der Waals surface area contributed by atoms with Crippen LogP contribution in [0.2, 0.25) is 0 Å². The van der Waals surface area contributed by atoms with Gasteiger partial charge in [0.1, 0.15) is 5.82 Å². The minimum Gasteiger partial charge on any atom is -0.477 e. The monoisotopic (exact) mass is 424 g/mol. The van der Waals surface area contributed by atoms with Crippen molar-refractivity contribution < 1.29 is 19.0 Å². The van der Waals surface area contributed by atoms with Crippen molar-refractivity contribution in [2.45, 2.75) is 32.6 Å². The molecule has 2 saturated heterocycles. The molecule has 2 aromatic heterocycles. The Balaban J connectivity index is 1.67. The number of carboxylic acids is 1. The maximum absolute atomic E-state index is 13.5. The van der Waals surface area contributed by atoms with Crippen molar-refractivity contribution in [3.05, 3.63) is 47.5 Å². The van der Waals surface area contributed by atoms with Gasteiger partial charge in [-0.2, -0.15) is 5.10 Å². The zero-order chi connectivity index (χ0) is 21.8. The van der Waals surface area contributed by atoms with Crippen LogP contribution in [-0.4, -0.2) is 52.1 Å². The van der Waals surface area contributed by atoms with E-state index in [1.54, 1.807) is 22.9 Å². The molecule has 0 saturated carbocycles. The van der Waals surface area contributed by atoms with Gasteiger partial charge < -0.3 is 14.7 Å². The minimum atomic E-state index is -1.09. The molecule has 1 N–H and O–H groups in total. The third-order valence-corrected chi connectivity index (χ3v) is 6.28. The predicted octanol–water partition coefficient (Wildman–Crippen LogP) is 4.00. The van der Waals surface area contributed by atoms with Crippen LogP contribution in [0.3, 0.4) is 0 Å². The van der Waals surface area contributed by atoms with E-state index in [4.69, 9.17) is 9.84 Å². The molecule has 2 fully saturated rings. The third kappa shape index (κ3) is 3.35. The fourth-order valence-electron chi connectivity index (χ4n) is 4.74. The molecule has 2 aliphatic heterocycles. The van der Waals surface area contributed by atoms with E-state index in [0.717, 1.165) is 55.9 Å². The van der Waals surface area contributed by atoms with Crippen LogP contribution in [-0.2, 0) is 4.74 Å². The lowest BCUT2D eigenvalue weighted by Crippen LogP contribution is -2.60. The highest BCUT2D eigenvalue weighted by molar-refractivity contribution is 5.98. The van der Waals surface area contributed by atoms with E-state index >= 15 is 0 Å². The van der Waals surface area contributed by atoms with E-state index in [1.807, 2.05) is 0 Å². The smallest absolute Gasteiger partial charge is 0.354 e. The summed E-state index contributed by atoms with van der Waals surface area (Å²) in [5.74, 6) is -1.32. The topological polar surface area (TPSA) is 80.5 Å². The quantitative estimate of drug-likeness (QED) is 0.682. The second-order valence-corrected chi connectivity index (χ2v) is 8.97. The number of aromatic carboxylic acids is 1. The summed E-state index contributed by atoms with van der Waals surface area (Å²) in [4.78, 5) is 18.5. The second-order valence-electron chi connectivity index (χ2n) is 8.97. The van der Waals surface area contributed by atoms with Crippen LogP contribution < -0.4 is 4.90 Å². The summed E-state index contributed by atoms with van der Waals surface area (Å²) in [5.41, 5.74) is 2.92. The van der Waals surface area contributed by atoms with E-state index in [9.17, 15) is 14.3 Å². The Kier molecular flexibility index (Phi) is 4.69. The molecule has 0 bridgehead atoms. The van der Waals surface area contributed by atoms with Crippen molar-refractivity contribution in [1.29, 1.82) is 0 Å². The average molecular weight is 424 g/mol. The molecule has 5 rings (SSSR count). The predicted molar refractivity (Wildman–Crippen MR) is 115 cm³/mol. The Morgan fingerprint density at radius 3 is 2.61 bits per heavy atom. The second kappa shape index (κ2) is 7.30. The first-order valence-electron chi connectivity index (χ1n) is 10.6. The number of halogens is 1. The lowest BCUT2D eigenvalue weighted by atomic mass is 9.75. The van der Waals surface area contributed by atoms with Crippen molar-refractivity contribution in [2.75, 3.05) is 31.2 Å². The van der Waals surface area contributed by atoms with Gasteiger partial charge in [0, 0.05) is 25.1 Å². The summed E-state index contributed by atoms with van der Waals surface area (Å²) in [7, 11) is 0. The van der Waals surface area contributed by atoms with Crippen molar-refractivity contribution >= 4 is 22.7 Å². The third-order valence-electron chi connectivity index (χ3n) is 6.28. The van der Waals surface area contributed by atoms with Crippen molar-refractivity contribution in [2.24, 2.45) is 5.41 Å². The summed E-state index contributed by atoms with van der Waals surface area (Å²) in [6.07, 6.45) is 2.18. The van der Waals surface area contributed by atoms with Gasteiger partial charge in [0.2, 0.25) is 0 Å². The number of anilines is 1. The SMILES string of the molecule is CC(C)c1nn(-c2ccc(F)cc2)c2nc(C(=O)O)cc(N3CC4(CCCOC4)C3)c12. The summed E-state index contributed by atoms with van der Waals surface area (Å²) in [6.45, 7) is 7.31. The molecule has 0 atom stereocenters. The number of aromatic nitrogens is 3. The van der Waals surface area contributed by atoms with Crippen molar-refractivity contribution in [3.8, 4) is 5.69 Å². The maximum Gasteiger partial charge on any atom is 0.354 e. The molecule has 7 nitrogen and oxygen atoms in total. The van der Waals surface area contributed by atoms with E-state index in [2.05, 4.69) is 23.7 Å². The number of pyridine rings is 1. The number of hydrogen-bond acceptors (Lipinski definition) is 5. The first-order valence-corrected chi connectivity index (χ1v) is 10.6. The fraction of sp³-hybridized carbons (Fsp3) is 0.435. The first kappa shape index (κ1) is 19.9. The van der Waals surface area contributed by atoms with Crippen LogP contribution in [0, 0.1) is 11.2 Å². The number of benzene rings is 1. The lowest BCUT2D eigenvalue weighted by molar-refractivity contribution is -0.0233. The molecule has 31 heavy (non-hydrogen) atoms. The molecular formula is C23H25FN4O3. The molecular weight excluding hydrogens is 399 g/mol. The molecule has 8 heteroatoms. The molecule has 0 aliphatic carbocycles. The van der Waals surface area contributed by atoms with Crippen molar-refractivity contribution in [1.82, 2.24) is 14.8 Å². The van der Waals surface area contributed by atoms with Gasteiger partial charge in [0.15, 0.2) is 11.3 Å². The van der Waals surface area contributed by atoms with Gasteiger partial charge in [0.25, 0.3) is 0 Å². The Morgan fingerprint density at radius 2 is 2.00 bits per heavy atom. The fourth-order valence-corrected chi connectivity index (χ4v) is 4.74. The van der Waals surface area contributed by atoms with Crippen LogP contribution in [0.15, 0.2) is 30.3 Å². The van der Waals surface area contributed by atoms with E-state index in [0.29, 0.717) is 11.3 Å². The van der Waals surface area contributed by atoms with Gasteiger partial charge in [-0.3, -0.25) is 0 Å². The van der Waals surface area contributed by atoms with Crippen molar-refractivity contribution in [3.63, 3.8) is 0 Å². The summed E-state index contributed by atoms with van der Waals surface area (Å²) >= 11 is 0. The normalized spacial score (nSPS) is 18.0. The van der Waals surface area contributed by atoms with Gasteiger partial charge in [-0.1, -0.05) is 13.8 Å². The standard InChI is InChI=1S/C23H25FN4O3/c1-14(2)20-19-18(27-11-23(12-27)8-3-9-31-13-23)10-17(22(29)30)25-21(19)28(26-20)16-6-4-15(24)5-7-16/h4-7,10,14H,3,8-9,11-13H2,1-2H3,(H,29,30). The molecule has 4 heterocycles. The van der Waals surface area contributed by atoms with Gasteiger partial charge in [0.05, 0.1) is 29.1 Å². The average Bonchev–Trinajstić information content (AvgIpc) is 3.12. The maximum atomic E-state index is 13.5. The molecule has 0 amide bonds. The van der Waals surface area contributed by atoms with Crippen LogP contribution in [0.4, 0.5) is 10.1 Å². The number of carbonyl (C=O) groups is 1. The van der Waals surface area contributed by atoms with Crippen LogP contribution in [0.1, 0.15) is 48.8 Å². The summed E-state index contributed by atoms with van der Waals surface area (Å²) < 4.78 is 20.8. The molecule has 0 unspecified atom stereocenters. The van der Waals surface area contributed by atoms with Crippen LogP contribution in [0.25, 0.3) is 16.7 Å². The zero-order valence-electron chi connectivity index (χ0n) is 17.6. The Bertz CT molecular complexity index is 1140. The van der Waals surface area contributed by atoms with E-state index in [1.165, 1.54) is 12.1 Å². The number of nitrogens with zero attached hydrogens (tertiary/aromatic N) is 4. The highest BCUT2D eigenvalue weighted by Gasteiger charge is 2.45. The number of rotatable bonds is 4. The Labute approximate surface area is 179 Å². The Hall–Kier alpha value is -3.00. The van der Waals surface area contributed by atoms with E-state index in [-0.39, 0.29) is 22.8 Å². The van der Waals surface area contributed by atoms with Gasteiger partial charge in [-0.25, -0.2) is 18.9 Å². The number of fused-ring (bicyclic) bond motifs is 1. The minimum absolute atomic E-state index is 0.0260. The molecule has 1 aromatic carbocycles.